The minimum Gasteiger partial charge on any atom is -0.340 e. The second kappa shape index (κ2) is 9.25. The first kappa shape index (κ1) is 21.0. The van der Waals surface area contributed by atoms with E-state index in [0.29, 0.717) is 19.0 Å². The molecule has 0 bridgehead atoms. The highest BCUT2D eigenvalue weighted by atomic mass is 16.2. The molecule has 2 heterocycles. The molecule has 2 aliphatic rings. The Bertz CT molecular complexity index is 831. The van der Waals surface area contributed by atoms with E-state index in [4.69, 9.17) is 0 Å². The fraction of sp³-hybridized carbons (Fsp3) is 0.652. The lowest BCUT2D eigenvalue weighted by molar-refractivity contribution is -0.136. The molecule has 1 aromatic carbocycles. The van der Waals surface area contributed by atoms with Gasteiger partial charge < -0.3 is 4.90 Å². The van der Waals surface area contributed by atoms with Gasteiger partial charge in [-0.25, -0.2) is 4.68 Å². The van der Waals surface area contributed by atoms with E-state index in [2.05, 4.69) is 62.4 Å². The number of likely N-dealkylation sites (N-methyl/N-ethyl adjacent to an activating group) is 1. The van der Waals surface area contributed by atoms with Gasteiger partial charge in [0.05, 0.1) is 6.04 Å². The van der Waals surface area contributed by atoms with Gasteiger partial charge in [-0.2, -0.15) is 0 Å². The zero-order chi connectivity index (χ0) is 21.0. The Morgan fingerprint density at radius 2 is 1.93 bits per heavy atom. The van der Waals surface area contributed by atoms with Crippen molar-refractivity contribution in [2.45, 2.75) is 76.9 Å². The van der Waals surface area contributed by atoms with Crippen molar-refractivity contribution in [1.29, 1.82) is 0 Å². The molecular weight excluding hydrogens is 376 g/mol. The number of likely N-dealkylation sites (tertiary alicyclic amines) is 1. The summed E-state index contributed by atoms with van der Waals surface area (Å²) < 4.78 is 2.10. The van der Waals surface area contributed by atoms with Crippen LogP contribution in [0.25, 0.3) is 0 Å². The molecule has 1 saturated carbocycles. The van der Waals surface area contributed by atoms with Crippen molar-refractivity contribution in [3.05, 3.63) is 41.7 Å². The van der Waals surface area contributed by atoms with Gasteiger partial charge in [0.2, 0.25) is 5.91 Å². The lowest BCUT2D eigenvalue weighted by atomic mass is 9.85. The Kier molecular flexibility index (Phi) is 6.46. The number of hydrogen-bond donors (Lipinski definition) is 0. The topological polar surface area (TPSA) is 67.2 Å². The molecule has 0 unspecified atom stereocenters. The summed E-state index contributed by atoms with van der Waals surface area (Å²) in [4.78, 5) is 17.2. The molecule has 1 aliphatic carbocycles. The van der Waals surface area contributed by atoms with Gasteiger partial charge in [-0.05, 0) is 48.2 Å². The normalized spacial score (nSPS) is 22.7. The maximum Gasteiger partial charge on any atom is 0.222 e. The second-order valence-electron chi connectivity index (χ2n) is 8.69. The molecule has 0 N–H and O–H groups in total. The third kappa shape index (κ3) is 4.00. The van der Waals surface area contributed by atoms with Crippen LogP contribution in [0.3, 0.4) is 0 Å². The number of rotatable bonds is 7. The molecule has 1 atom stereocenters. The number of carbonyl (C=O) groups excluding carboxylic acids is 1. The van der Waals surface area contributed by atoms with Crippen LogP contribution in [-0.4, -0.2) is 55.5 Å². The van der Waals surface area contributed by atoms with E-state index in [0.717, 1.165) is 51.1 Å². The molecule has 1 aromatic heterocycles. The van der Waals surface area contributed by atoms with E-state index in [-0.39, 0.29) is 11.4 Å². The summed E-state index contributed by atoms with van der Waals surface area (Å²) in [6.45, 7) is 7.33. The largest absolute Gasteiger partial charge is 0.340 e. The van der Waals surface area contributed by atoms with Crippen LogP contribution in [-0.2, 0) is 16.9 Å². The van der Waals surface area contributed by atoms with Crippen LogP contribution in [0.1, 0.15) is 76.2 Å². The summed E-state index contributed by atoms with van der Waals surface area (Å²) in [5, 5.41) is 13.2. The molecular formula is C23H34N6O. The summed E-state index contributed by atoms with van der Waals surface area (Å²) >= 11 is 0. The van der Waals surface area contributed by atoms with Crippen molar-refractivity contribution in [1.82, 2.24) is 30.0 Å². The first-order chi connectivity index (χ1) is 14.7. The van der Waals surface area contributed by atoms with Gasteiger partial charge >= 0.3 is 0 Å². The molecule has 162 valence electrons. The highest BCUT2D eigenvalue weighted by Gasteiger charge is 2.47. The lowest BCUT2D eigenvalue weighted by Crippen LogP contribution is -2.58. The predicted octanol–water partition coefficient (Wildman–Crippen LogP) is 3.54. The minimum atomic E-state index is -0.361. The molecule has 0 radical (unpaired) electrons. The SMILES string of the molecule is CCC(=O)N1CCC[C@](c2nnnn2C2CCCC2)(N(CC)Cc2ccccc2)C1. The van der Waals surface area contributed by atoms with E-state index < -0.39 is 0 Å². The molecule has 0 spiro atoms. The van der Waals surface area contributed by atoms with Crippen molar-refractivity contribution in [3.8, 4) is 0 Å². The highest BCUT2D eigenvalue weighted by Crippen LogP contribution is 2.40. The minimum absolute atomic E-state index is 0.217. The molecule has 7 heteroatoms. The maximum atomic E-state index is 12.7. The Balaban J connectivity index is 1.75. The van der Waals surface area contributed by atoms with Gasteiger partial charge in [0.15, 0.2) is 5.82 Å². The van der Waals surface area contributed by atoms with E-state index in [1.54, 1.807) is 0 Å². The molecule has 1 aliphatic heterocycles. The number of carbonyl (C=O) groups is 1. The molecule has 4 rings (SSSR count). The summed E-state index contributed by atoms with van der Waals surface area (Å²) in [5.74, 6) is 1.16. The fourth-order valence-electron chi connectivity index (χ4n) is 5.32. The molecule has 30 heavy (non-hydrogen) atoms. The average Bonchev–Trinajstić information content (AvgIpc) is 3.49. The molecule has 1 amide bonds. The summed E-state index contributed by atoms with van der Waals surface area (Å²) in [7, 11) is 0. The predicted molar refractivity (Wildman–Crippen MR) is 116 cm³/mol. The van der Waals surface area contributed by atoms with Gasteiger partial charge in [-0.15, -0.1) is 5.10 Å². The summed E-state index contributed by atoms with van der Waals surface area (Å²) in [6, 6.07) is 11.0. The average molecular weight is 411 g/mol. The maximum absolute atomic E-state index is 12.7. The van der Waals surface area contributed by atoms with Crippen LogP contribution in [0.4, 0.5) is 0 Å². The van der Waals surface area contributed by atoms with Crippen molar-refractivity contribution >= 4 is 5.91 Å². The third-order valence-electron chi connectivity index (χ3n) is 6.91. The third-order valence-corrected chi connectivity index (χ3v) is 6.91. The monoisotopic (exact) mass is 410 g/mol. The lowest BCUT2D eigenvalue weighted by Gasteiger charge is -2.48. The first-order valence-corrected chi connectivity index (χ1v) is 11.5. The number of nitrogens with zero attached hydrogens (tertiary/aromatic N) is 6. The van der Waals surface area contributed by atoms with Gasteiger partial charge in [-0.3, -0.25) is 9.69 Å². The van der Waals surface area contributed by atoms with Crippen LogP contribution >= 0.6 is 0 Å². The Hall–Kier alpha value is -2.28. The Labute approximate surface area is 179 Å². The van der Waals surface area contributed by atoms with Crippen molar-refractivity contribution in [2.75, 3.05) is 19.6 Å². The quantitative estimate of drug-likeness (QED) is 0.698. The molecule has 7 nitrogen and oxygen atoms in total. The summed E-state index contributed by atoms with van der Waals surface area (Å²) in [6.07, 6.45) is 7.21. The number of hydrogen-bond acceptors (Lipinski definition) is 5. The van der Waals surface area contributed by atoms with Crippen LogP contribution in [0, 0.1) is 0 Å². The number of amides is 1. The van der Waals surface area contributed by atoms with Gasteiger partial charge in [0, 0.05) is 26.1 Å². The van der Waals surface area contributed by atoms with Crippen molar-refractivity contribution < 1.29 is 4.79 Å². The molecule has 1 saturated heterocycles. The van der Waals surface area contributed by atoms with Crippen LogP contribution in [0.5, 0.6) is 0 Å². The molecule has 2 aromatic rings. The standard InChI is InChI=1S/C23H34N6O/c1-3-21(30)27-16-10-15-23(18-27,28(4-2)17-19-11-6-5-7-12-19)22-24-25-26-29(22)20-13-8-9-14-20/h5-7,11-12,20H,3-4,8-10,13-18H2,1-2H3/t23-/m0/s1. The van der Waals surface area contributed by atoms with Crippen molar-refractivity contribution in [3.63, 3.8) is 0 Å². The van der Waals surface area contributed by atoms with E-state index in [9.17, 15) is 4.79 Å². The zero-order valence-corrected chi connectivity index (χ0v) is 18.3. The van der Waals surface area contributed by atoms with E-state index >= 15 is 0 Å². The van der Waals surface area contributed by atoms with Crippen LogP contribution < -0.4 is 0 Å². The van der Waals surface area contributed by atoms with Gasteiger partial charge in [0.1, 0.15) is 5.54 Å². The molecule has 2 fully saturated rings. The smallest absolute Gasteiger partial charge is 0.222 e. The number of aromatic nitrogens is 4. The summed E-state index contributed by atoms with van der Waals surface area (Å²) in [5.41, 5.74) is 0.914. The van der Waals surface area contributed by atoms with Gasteiger partial charge in [-0.1, -0.05) is 57.0 Å². The fourth-order valence-corrected chi connectivity index (χ4v) is 5.32. The number of benzene rings is 1. The van der Waals surface area contributed by atoms with Crippen molar-refractivity contribution in [2.24, 2.45) is 0 Å². The van der Waals surface area contributed by atoms with Crippen LogP contribution in [0.2, 0.25) is 0 Å². The number of tetrazole rings is 1. The van der Waals surface area contributed by atoms with Crippen LogP contribution in [0.15, 0.2) is 30.3 Å². The van der Waals surface area contributed by atoms with Gasteiger partial charge in [0.25, 0.3) is 0 Å². The van der Waals surface area contributed by atoms with E-state index in [1.807, 2.05) is 11.8 Å². The van der Waals surface area contributed by atoms with E-state index in [1.165, 1.54) is 18.4 Å². The first-order valence-electron chi connectivity index (χ1n) is 11.5. The highest BCUT2D eigenvalue weighted by molar-refractivity contribution is 5.76. The Morgan fingerprint density at radius 3 is 2.63 bits per heavy atom. The zero-order valence-electron chi connectivity index (χ0n) is 18.3. The Morgan fingerprint density at radius 1 is 1.17 bits per heavy atom. The number of piperidine rings is 1. The second-order valence-corrected chi connectivity index (χ2v) is 8.69.